The minimum atomic E-state index is -0.221. The zero-order valence-electron chi connectivity index (χ0n) is 14.6. The largest absolute Gasteiger partial charge is 0.465 e. The molecule has 2 aliphatic rings. The highest BCUT2D eigenvalue weighted by Crippen LogP contribution is 2.24. The summed E-state index contributed by atoms with van der Waals surface area (Å²) in [5.41, 5.74) is 0. The molecule has 1 saturated heterocycles. The van der Waals surface area contributed by atoms with Gasteiger partial charge < -0.3 is 15.0 Å². The Morgan fingerprint density at radius 1 is 1.04 bits per heavy atom. The number of rotatable bonds is 6. The van der Waals surface area contributed by atoms with Crippen LogP contribution in [0.25, 0.3) is 0 Å². The van der Waals surface area contributed by atoms with Gasteiger partial charge in [0.05, 0.1) is 19.7 Å². The van der Waals surface area contributed by atoms with Crippen LogP contribution in [0.15, 0.2) is 0 Å². The first-order valence-electron chi connectivity index (χ1n) is 9.03. The number of hydrogen-bond donors (Lipinski definition) is 1. The van der Waals surface area contributed by atoms with E-state index >= 15 is 0 Å². The fourth-order valence-electron chi connectivity index (χ4n) is 3.37. The lowest BCUT2D eigenvalue weighted by Gasteiger charge is -2.22. The molecule has 7 nitrogen and oxygen atoms in total. The molecule has 0 spiro atoms. The normalized spacial score (nSPS) is 19.8. The second-order valence-corrected chi connectivity index (χ2v) is 6.51. The molecule has 1 N–H and O–H groups in total. The molecule has 7 heteroatoms. The molecule has 0 radical (unpaired) electrons. The van der Waals surface area contributed by atoms with E-state index < -0.39 is 0 Å². The number of esters is 1. The van der Waals surface area contributed by atoms with Crippen molar-refractivity contribution < 1.29 is 19.1 Å². The van der Waals surface area contributed by atoms with Gasteiger partial charge in [0.15, 0.2) is 0 Å². The maximum atomic E-state index is 12.3. The van der Waals surface area contributed by atoms with Crippen molar-refractivity contribution in [3.8, 4) is 0 Å². The van der Waals surface area contributed by atoms with Crippen LogP contribution in [-0.4, -0.2) is 73.5 Å². The number of amides is 2. The predicted octanol–water partition coefficient (Wildman–Crippen LogP) is 0.390. The van der Waals surface area contributed by atoms with Crippen LogP contribution in [0.3, 0.4) is 0 Å². The molecule has 136 valence electrons. The van der Waals surface area contributed by atoms with Crippen LogP contribution in [-0.2, 0) is 19.1 Å². The van der Waals surface area contributed by atoms with Crippen LogP contribution in [0.2, 0.25) is 0 Å². The van der Waals surface area contributed by atoms with Crippen LogP contribution in [0, 0.1) is 5.92 Å². The van der Waals surface area contributed by atoms with Crippen LogP contribution in [0.1, 0.15) is 39.0 Å². The van der Waals surface area contributed by atoms with Gasteiger partial charge in [0, 0.05) is 32.1 Å². The van der Waals surface area contributed by atoms with Gasteiger partial charge in [0.25, 0.3) is 0 Å². The van der Waals surface area contributed by atoms with Gasteiger partial charge in [-0.1, -0.05) is 12.8 Å². The molecule has 0 bridgehead atoms. The lowest BCUT2D eigenvalue weighted by Crippen LogP contribution is -2.43. The molecule has 0 aromatic carbocycles. The van der Waals surface area contributed by atoms with E-state index in [4.69, 9.17) is 4.74 Å². The summed E-state index contributed by atoms with van der Waals surface area (Å²) < 4.78 is 4.96. The number of carbonyl (C=O) groups is 3. The van der Waals surface area contributed by atoms with E-state index in [0.29, 0.717) is 26.2 Å². The Kier molecular flexibility index (Phi) is 7.49. The van der Waals surface area contributed by atoms with Gasteiger partial charge in [0.2, 0.25) is 11.8 Å². The summed E-state index contributed by atoms with van der Waals surface area (Å²) in [4.78, 5) is 39.6. The van der Waals surface area contributed by atoms with Crippen LogP contribution >= 0.6 is 0 Å². The second kappa shape index (κ2) is 9.61. The average Bonchev–Trinajstić information content (AvgIpc) is 3.00. The lowest BCUT2D eigenvalue weighted by atomic mass is 10.1. The Hall–Kier alpha value is -1.63. The van der Waals surface area contributed by atoms with Crippen LogP contribution < -0.4 is 5.32 Å². The molecular formula is C17H29N3O4. The van der Waals surface area contributed by atoms with Crippen LogP contribution in [0.4, 0.5) is 0 Å². The third kappa shape index (κ3) is 5.78. The maximum absolute atomic E-state index is 12.3. The third-order valence-corrected chi connectivity index (χ3v) is 4.74. The second-order valence-electron chi connectivity index (χ2n) is 6.51. The van der Waals surface area contributed by atoms with E-state index in [0.717, 1.165) is 38.6 Å². The monoisotopic (exact) mass is 339 g/mol. The molecule has 2 fully saturated rings. The molecule has 2 rings (SSSR count). The van der Waals surface area contributed by atoms with E-state index in [1.165, 1.54) is 0 Å². The van der Waals surface area contributed by atoms with Gasteiger partial charge in [-0.2, -0.15) is 0 Å². The first-order chi connectivity index (χ1) is 11.6. The predicted molar refractivity (Wildman–Crippen MR) is 89.2 cm³/mol. The molecule has 1 aliphatic carbocycles. The van der Waals surface area contributed by atoms with Gasteiger partial charge >= 0.3 is 5.97 Å². The van der Waals surface area contributed by atoms with Crippen molar-refractivity contribution in [2.24, 2.45) is 5.92 Å². The lowest BCUT2D eigenvalue weighted by molar-refractivity contribution is -0.144. The van der Waals surface area contributed by atoms with Gasteiger partial charge in [-0.3, -0.25) is 19.3 Å². The smallest absolute Gasteiger partial charge is 0.320 e. The first-order valence-corrected chi connectivity index (χ1v) is 9.03. The van der Waals surface area contributed by atoms with Gasteiger partial charge in [-0.25, -0.2) is 0 Å². The summed E-state index contributed by atoms with van der Waals surface area (Å²) in [7, 11) is 0. The van der Waals surface area contributed by atoms with E-state index in [2.05, 4.69) is 5.32 Å². The number of ether oxygens (including phenoxy) is 1. The Balaban J connectivity index is 1.71. The molecule has 1 saturated carbocycles. The third-order valence-electron chi connectivity index (χ3n) is 4.74. The highest BCUT2D eigenvalue weighted by molar-refractivity contribution is 5.86. The summed E-state index contributed by atoms with van der Waals surface area (Å²) >= 11 is 0. The number of carbonyl (C=O) groups excluding carboxylic acids is 3. The minimum absolute atomic E-state index is 0.0135. The zero-order chi connectivity index (χ0) is 17.4. The Morgan fingerprint density at radius 3 is 2.50 bits per heavy atom. The summed E-state index contributed by atoms with van der Waals surface area (Å²) in [5.74, 6) is -0.165. The average molecular weight is 339 g/mol. The quantitative estimate of drug-likeness (QED) is 0.708. The zero-order valence-corrected chi connectivity index (χ0v) is 14.6. The van der Waals surface area contributed by atoms with Crippen molar-refractivity contribution in [2.45, 2.75) is 39.0 Å². The first kappa shape index (κ1) is 18.7. The van der Waals surface area contributed by atoms with E-state index in [1.807, 2.05) is 4.90 Å². The van der Waals surface area contributed by atoms with Crippen molar-refractivity contribution in [1.29, 1.82) is 0 Å². The minimum Gasteiger partial charge on any atom is -0.465 e. The molecule has 24 heavy (non-hydrogen) atoms. The number of nitrogens with one attached hydrogen (secondary N) is 1. The number of hydrogen-bond acceptors (Lipinski definition) is 5. The Bertz CT molecular complexity index is 449. The molecule has 2 amide bonds. The summed E-state index contributed by atoms with van der Waals surface area (Å²) in [5, 5.41) is 2.78. The van der Waals surface area contributed by atoms with Crippen molar-refractivity contribution in [2.75, 3.05) is 45.9 Å². The SMILES string of the molecule is CCOC(=O)CN1CCCN(C(=O)CNC(=O)C2CCCC2)CC1. The Labute approximate surface area is 143 Å². The topological polar surface area (TPSA) is 79.0 Å². The van der Waals surface area contributed by atoms with Gasteiger partial charge in [-0.15, -0.1) is 0 Å². The highest BCUT2D eigenvalue weighted by atomic mass is 16.5. The maximum Gasteiger partial charge on any atom is 0.320 e. The number of nitrogens with zero attached hydrogens (tertiary/aromatic N) is 2. The summed E-state index contributed by atoms with van der Waals surface area (Å²) in [6, 6.07) is 0. The standard InChI is InChI=1S/C17H29N3O4/c1-2-24-16(22)13-19-8-5-9-20(11-10-19)15(21)12-18-17(23)14-6-3-4-7-14/h14H,2-13H2,1H3,(H,18,23). The Morgan fingerprint density at radius 2 is 1.79 bits per heavy atom. The molecular weight excluding hydrogens is 310 g/mol. The van der Waals surface area contributed by atoms with E-state index in [-0.39, 0.29) is 36.8 Å². The molecule has 0 aromatic rings. The van der Waals surface area contributed by atoms with Crippen LogP contribution in [0.5, 0.6) is 0 Å². The fraction of sp³-hybridized carbons (Fsp3) is 0.824. The van der Waals surface area contributed by atoms with Gasteiger partial charge in [-0.05, 0) is 26.2 Å². The highest BCUT2D eigenvalue weighted by Gasteiger charge is 2.24. The van der Waals surface area contributed by atoms with Gasteiger partial charge in [0.1, 0.15) is 0 Å². The summed E-state index contributed by atoms with van der Waals surface area (Å²) in [6.07, 6.45) is 4.91. The molecule has 1 heterocycles. The van der Waals surface area contributed by atoms with Crippen molar-refractivity contribution in [3.05, 3.63) is 0 Å². The van der Waals surface area contributed by atoms with E-state index in [1.54, 1.807) is 11.8 Å². The molecule has 1 aliphatic heterocycles. The molecule has 0 unspecified atom stereocenters. The fourth-order valence-corrected chi connectivity index (χ4v) is 3.37. The van der Waals surface area contributed by atoms with Crippen molar-refractivity contribution >= 4 is 17.8 Å². The molecule has 0 atom stereocenters. The van der Waals surface area contributed by atoms with Crippen molar-refractivity contribution in [1.82, 2.24) is 15.1 Å². The van der Waals surface area contributed by atoms with E-state index in [9.17, 15) is 14.4 Å². The summed E-state index contributed by atoms with van der Waals surface area (Å²) in [6.45, 7) is 5.20. The molecule has 0 aromatic heterocycles. The van der Waals surface area contributed by atoms with Crippen molar-refractivity contribution in [3.63, 3.8) is 0 Å².